The number of esters is 2. The summed E-state index contributed by atoms with van der Waals surface area (Å²) in [5.41, 5.74) is 0. The number of unbranched alkanes of at least 4 members (excludes halogenated alkanes) is 14. The van der Waals surface area contributed by atoms with Crippen molar-refractivity contribution >= 4 is 19.8 Å². The van der Waals surface area contributed by atoms with E-state index in [2.05, 4.69) is 86.8 Å². The van der Waals surface area contributed by atoms with Gasteiger partial charge < -0.3 is 39.9 Å². The number of hydrogen-bond donors (Lipinski definition) is 6. The monoisotopic (exact) mass is 911 g/mol. The van der Waals surface area contributed by atoms with E-state index in [1.807, 2.05) is 0 Å². The van der Waals surface area contributed by atoms with Crippen molar-refractivity contribution in [2.45, 2.75) is 211 Å². The van der Waals surface area contributed by atoms with E-state index in [9.17, 15) is 44.6 Å². The zero-order valence-corrected chi connectivity index (χ0v) is 39.2. The molecule has 13 nitrogen and oxygen atoms in total. The lowest BCUT2D eigenvalue weighted by Crippen LogP contribution is -2.64. The first-order chi connectivity index (χ1) is 30.4. The van der Waals surface area contributed by atoms with Crippen molar-refractivity contribution in [1.29, 1.82) is 0 Å². The second-order valence-electron chi connectivity index (χ2n) is 16.2. The number of phosphoric ester groups is 1. The van der Waals surface area contributed by atoms with Crippen LogP contribution in [0.3, 0.4) is 0 Å². The predicted molar refractivity (Wildman–Crippen MR) is 249 cm³/mol. The predicted octanol–water partition coefficient (Wildman–Crippen LogP) is 9.50. The molecule has 0 aliphatic heterocycles. The molecule has 1 rings (SSSR count). The molecule has 0 amide bonds. The van der Waals surface area contributed by atoms with Gasteiger partial charge in [-0.05, 0) is 83.5 Å². The van der Waals surface area contributed by atoms with Crippen molar-refractivity contribution in [3.05, 3.63) is 72.9 Å². The maximum absolute atomic E-state index is 12.8. The summed E-state index contributed by atoms with van der Waals surface area (Å²) in [5, 5.41) is 50.2. The molecule has 63 heavy (non-hydrogen) atoms. The third kappa shape index (κ3) is 31.0. The van der Waals surface area contributed by atoms with Crippen molar-refractivity contribution in [3.63, 3.8) is 0 Å². The lowest BCUT2D eigenvalue weighted by molar-refractivity contribution is -0.220. The van der Waals surface area contributed by atoms with Crippen molar-refractivity contribution in [2.75, 3.05) is 13.2 Å². The van der Waals surface area contributed by atoms with Crippen molar-refractivity contribution in [3.8, 4) is 0 Å². The number of ether oxygens (including phenoxy) is 2. The summed E-state index contributed by atoms with van der Waals surface area (Å²) < 4.78 is 33.5. The van der Waals surface area contributed by atoms with Crippen LogP contribution >= 0.6 is 7.82 Å². The van der Waals surface area contributed by atoms with Gasteiger partial charge in [-0.25, -0.2) is 4.57 Å². The molecule has 0 aromatic heterocycles. The van der Waals surface area contributed by atoms with E-state index >= 15 is 0 Å². The summed E-state index contributed by atoms with van der Waals surface area (Å²) in [6.45, 7) is 3.13. The van der Waals surface area contributed by atoms with E-state index in [0.29, 0.717) is 12.8 Å². The van der Waals surface area contributed by atoms with Gasteiger partial charge in [-0.3, -0.25) is 18.6 Å². The number of hydrogen-bond acceptors (Lipinski definition) is 12. The van der Waals surface area contributed by atoms with Gasteiger partial charge >= 0.3 is 19.8 Å². The lowest BCUT2D eigenvalue weighted by Gasteiger charge is -2.41. The Hall–Kier alpha value is -2.71. The molecule has 1 aliphatic carbocycles. The minimum absolute atomic E-state index is 0.0744. The molecule has 6 atom stereocenters. The molecule has 6 unspecified atom stereocenters. The summed E-state index contributed by atoms with van der Waals surface area (Å²) in [5.74, 6) is -1.14. The van der Waals surface area contributed by atoms with Crippen molar-refractivity contribution in [2.24, 2.45) is 0 Å². The highest BCUT2D eigenvalue weighted by Crippen LogP contribution is 2.47. The van der Waals surface area contributed by atoms with Crippen LogP contribution in [-0.2, 0) is 32.7 Å². The van der Waals surface area contributed by atoms with Crippen molar-refractivity contribution < 1.29 is 63.1 Å². The zero-order valence-electron chi connectivity index (χ0n) is 38.3. The largest absolute Gasteiger partial charge is 0.472 e. The maximum atomic E-state index is 12.8. The van der Waals surface area contributed by atoms with Crippen LogP contribution in [0.4, 0.5) is 0 Å². The Morgan fingerprint density at radius 2 is 0.905 bits per heavy atom. The third-order valence-electron chi connectivity index (χ3n) is 10.5. The molecule has 362 valence electrons. The van der Waals surface area contributed by atoms with Gasteiger partial charge in [0.15, 0.2) is 6.10 Å². The highest BCUT2D eigenvalue weighted by molar-refractivity contribution is 7.47. The van der Waals surface area contributed by atoms with Crippen LogP contribution in [-0.4, -0.2) is 98.3 Å². The van der Waals surface area contributed by atoms with Crippen LogP contribution < -0.4 is 0 Å². The van der Waals surface area contributed by atoms with E-state index in [4.69, 9.17) is 18.5 Å². The van der Waals surface area contributed by atoms with Crippen LogP contribution in [0, 0.1) is 0 Å². The Bertz CT molecular complexity index is 1380. The normalized spacial score (nSPS) is 22.3. The maximum Gasteiger partial charge on any atom is 0.472 e. The second-order valence-corrected chi connectivity index (χ2v) is 17.6. The van der Waals surface area contributed by atoms with Crippen molar-refractivity contribution in [1.82, 2.24) is 0 Å². The fourth-order valence-corrected chi connectivity index (χ4v) is 7.69. The summed E-state index contributed by atoms with van der Waals surface area (Å²) in [4.78, 5) is 35.7. The molecular weight excluding hydrogens is 827 g/mol. The molecule has 0 saturated heterocycles. The first-order valence-corrected chi connectivity index (χ1v) is 25.2. The molecule has 1 fully saturated rings. The Balaban J connectivity index is 2.47. The van der Waals surface area contributed by atoms with E-state index < -0.39 is 75.7 Å². The van der Waals surface area contributed by atoms with Crippen LogP contribution in [0.25, 0.3) is 0 Å². The summed E-state index contributed by atoms with van der Waals surface area (Å²) in [6, 6.07) is 0. The van der Waals surface area contributed by atoms with Gasteiger partial charge in [-0.2, -0.15) is 0 Å². The van der Waals surface area contributed by atoms with Gasteiger partial charge in [0.2, 0.25) is 0 Å². The number of carbonyl (C=O) groups is 2. The minimum atomic E-state index is -5.13. The van der Waals surface area contributed by atoms with Gasteiger partial charge in [0, 0.05) is 12.8 Å². The van der Waals surface area contributed by atoms with Gasteiger partial charge in [0.05, 0.1) is 6.61 Å². The molecule has 0 aromatic rings. The van der Waals surface area contributed by atoms with E-state index in [1.54, 1.807) is 0 Å². The molecular formula is C49H83O13P. The quantitative estimate of drug-likeness (QED) is 0.0148. The smallest absolute Gasteiger partial charge is 0.462 e. The average molecular weight is 911 g/mol. The summed E-state index contributed by atoms with van der Waals surface area (Å²) >= 11 is 0. The Kier molecular flexibility index (Phi) is 35.7. The van der Waals surface area contributed by atoms with Crippen LogP contribution in [0.5, 0.6) is 0 Å². The highest BCUT2D eigenvalue weighted by atomic mass is 31.2. The molecule has 14 heteroatoms. The number of phosphoric acid groups is 1. The Morgan fingerprint density at radius 1 is 0.508 bits per heavy atom. The number of carbonyl (C=O) groups excluding carboxylic acids is 2. The number of allylic oxidation sites excluding steroid dienone is 12. The van der Waals surface area contributed by atoms with E-state index in [-0.39, 0.29) is 12.8 Å². The zero-order chi connectivity index (χ0) is 46.4. The summed E-state index contributed by atoms with van der Waals surface area (Å²) in [6.07, 6.45) is 35.2. The number of aliphatic hydroxyl groups is 5. The first kappa shape index (κ1) is 58.3. The number of aliphatic hydroxyl groups excluding tert-OH is 5. The fraction of sp³-hybridized carbons (Fsp3) is 0.714. The first-order valence-electron chi connectivity index (χ1n) is 23.7. The van der Waals surface area contributed by atoms with Crippen LogP contribution in [0.15, 0.2) is 72.9 Å². The third-order valence-corrected chi connectivity index (χ3v) is 11.5. The number of rotatable bonds is 38. The standard InChI is InChI=1S/C49H83O13P/c1-3-5-7-9-11-13-15-17-19-20-21-22-24-26-28-30-32-34-36-38-43(51)61-41(40-60-63(57,58)62-49-47(55)45(53)44(52)46(54)48(49)56)39-59-42(50)37-35-33-31-29-27-25-23-18-16-14-12-10-8-6-4-2/h6,8,11-14,17-19,21-23,41,44-49,52-56H,3-5,7,9-10,15-16,20,24-40H2,1-2H3,(H,57,58)/b8-6-,13-11-,14-12-,19-17-,22-21-,23-18-. The Labute approximate surface area is 378 Å². The fourth-order valence-electron chi connectivity index (χ4n) is 6.72. The van der Waals surface area contributed by atoms with Gasteiger partial charge in [0.1, 0.15) is 43.2 Å². The molecule has 1 saturated carbocycles. The molecule has 1 aliphatic rings. The molecule has 0 bridgehead atoms. The summed E-state index contributed by atoms with van der Waals surface area (Å²) in [7, 11) is -5.13. The SMILES string of the molecule is CC/C=C\C/C=C\C/C=C\CCCCCCCC(=O)OCC(COP(=O)(O)OC1C(O)C(O)C(O)C(O)C1O)OC(=O)CCCCCCCC/C=C\C/C=C\C/C=C\CCCCC. The average Bonchev–Trinajstić information content (AvgIpc) is 3.26. The Morgan fingerprint density at radius 3 is 1.38 bits per heavy atom. The van der Waals surface area contributed by atoms with Crippen LogP contribution in [0.2, 0.25) is 0 Å². The second kappa shape index (κ2) is 38.5. The molecule has 6 N–H and O–H groups in total. The van der Waals surface area contributed by atoms with E-state index in [0.717, 1.165) is 109 Å². The van der Waals surface area contributed by atoms with Crippen LogP contribution in [0.1, 0.15) is 168 Å². The minimum Gasteiger partial charge on any atom is -0.462 e. The molecule has 0 spiro atoms. The molecule has 0 heterocycles. The highest BCUT2D eigenvalue weighted by Gasteiger charge is 2.51. The topological polar surface area (TPSA) is 210 Å². The molecule has 0 radical (unpaired) electrons. The molecule has 0 aromatic carbocycles. The van der Waals surface area contributed by atoms with E-state index in [1.165, 1.54) is 19.3 Å². The van der Waals surface area contributed by atoms with Gasteiger partial charge in [-0.1, -0.05) is 145 Å². The van der Waals surface area contributed by atoms with Gasteiger partial charge in [0.25, 0.3) is 0 Å². The van der Waals surface area contributed by atoms with Gasteiger partial charge in [-0.15, -0.1) is 0 Å². The lowest BCUT2D eigenvalue weighted by atomic mass is 9.85.